The fourth-order valence-electron chi connectivity index (χ4n) is 4.19. The van der Waals surface area contributed by atoms with Crippen LogP contribution in [-0.2, 0) is 17.9 Å². The van der Waals surface area contributed by atoms with Gasteiger partial charge in [-0.25, -0.2) is 4.39 Å². The Morgan fingerprint density at radius 2 is 1.82 bits per heavy atom. The standard InChI is InChI=1S/C30H25FN2O6/c1-32(16-20-6-3-2-4-7-20)30(36)28-13-11-24(39-28)17-33-25-14-21(10-12-27(25)38-19-29(33)35)26(34)18-37-23-9-5-8-22(31)15-23/h2-15H,16-19H2,1H3. The lowest BCUT2D eigenvalue weighted by atomic mass is 10.1. The number of rotatable bonds is 9. The van der Waals surface area contributed by atoms with E-state index in [1.807, 2.05) is 30.3 Å². The predicted molar refractivity (Wildman–Crippen MR) is 140 cm³/mol. The fraction of sp³-hybridized carbons (Fsp3) is 0.167. The number of amides is 2. The molecule has 3 aromatic carbocycles. The first-order chi connectivity index (χ1) is 18.9. The molecule has 2 amide bonds. The molecule has 0 saturated carbocycles. The predicted octanol–water partition coefficient (Wildman–Crippen LogP) is 4.88. The van der Waals surface area contributed by atoms with Gasteiger partial charge in [0.1, 0.15) is 23.1 Å². The van der Waals surface area contributed by atoms with E-state index in [2.05, 4.69) is 0 Å². The Morgan fingerprint density at radius 1 is 1.00 bits per heavy atom. The van der Waals surface area contributed by atoms with E-state index < -0.39 is 5.82 Å². The monoisotopic (exact) mass is 528 g/mol. The highest BCUT2D eigenvalue weighted by molar-refractivity contribution is 6.02. The number of ketones is 1. The number of nitrogens with zero attached hydrogens (tertiary/aromatic N) is 2. The number of benzene rings is 3. The molecule has 8 nitrogen and oxygen atoms in total. The van der Waals surface area contributed by atoms with Crippen molar-refractivity contribution in [2.24, 2.45) is 0 Å². The molecule has 0 unspecified atom stereocenters. The Balaban J connectivity index is 1.29. The molecule has 2 heterocycles. The number of hydrogen-bond acceptors (Lipinski definition) is 6. The van der Waals surface area contributed by atoms with Gasteiger partial charge < -0.3 is 18.8 Å². The maximum atomic E-state index is 13.4. The Labute approximate surface area is 224 Å². The number of halogens is 1. The van der Waals surface area contributed by atoms with Gasteiger partial charge in [-0.1, -0.05) is 36.4 Å². The maximum Gasteiger partial charge on any atom is 0.289 e. The highest BCUT2D eigenvalue weighted by Gasteiger charge is 2.28. The Morgan fingerprint density at radius 3 is 2.62 bits per heavy atom. The van der Waals surface area contributed by atoms with Crippen LogP contribution in [0.5, 0.6) is 11.5 Å². The highest BCUT2D eigenvalue weighted by atomic mass is 19.1. The summed E-state index contributed by atoms with van der Waals surface area (Å²) in [5.41, 5.74) is 1.68. The number of carbonyl (C=O) groups is 3. The van der Waals surface area contributed by atoms with Gasteiger partial charge in [-0.15, -0.1) is 0 Å². The van der Waals surface area contributed by atoms with Crippen molar-refractivity contribution in [2.45, 2.75) is 13.1 Å². The second-order valence-electron chi connectivity index (χ2n) is 9.03. The molecular weight excluding hydrogens is 503 g/mol. The minimum absolute atomic E-state index is 0.0440. The van der Waals surface area contributed by atoms with E-state index in [0.29, 0.717) is 29.3 Å². The van der Waals surface area contributed by atoms with Crippen molar-refractivity contribution in [3.05, 3.63) is 113 Å². The van der Waals surface area contributed by atoms with Crippen LogP contribution < -0.4 is 14.4 Å². The number of anilines is 1. The smallest absolute Gasteiger partial charge is 0.289 e. The van der Waals surface area contributed by atoms with Crippen molar-refractivity contribution in [3.63, 3.8) is 0 Å². The summed E-state index contributed by atoms with van der Waals surface area (Å²) in [7, 11) is 1.69. The van der Waals surface area contributed by atoms with Gasteiger partial charge in [-0.05, 0) is 48.0 Å². The van der Waals surface area contributed by atoms with Crippen molar-refractivity contribution in [2.75, 3.05) is 25.2 Å². The molecule has 0 N–H and O–H groups in total. The van der Waals surface area contributed by atoms with Gasteiger partial charge in [0, 0.05) is 25.2 Å². The van der Waals surface area contributed by atoms with Gasteiger partial charge in [0.05, 0.1) is 12.2 Å². The maximum absolute atomic E-state index is 13.4. The Bertz CT molecular complexity index is 1520. The summed E-state index contributed by atoms with van der Waals surface area (Å²) in [6.07, 6.45) is 0. The summed E-state index contributed by atoms with van der Waals surface area (Å²) in [5, 5.41) is 0. The minimum Gasteiger partial charge on any atom is -0.485 e. The molecule has 198 valence electrons. The number of hydrogen-bond donors (Lipinski definition) is 0. The molecule has 9 heteroatoms. The lowest BCUT2D eigenvalue weighted by molar-refractivity contribution is -0.121. The van der Waals surface area contributed by atoms with Crippen LogP contribution in [0.2, 0.25) is 0 Å². The molecule has 0 bridgehead atoms. The van der Waals surface area contributed by atoms with Gasteiger partial charge >= 0.3 is 0 Å². The zero-order valence-electron chi connectivity index (χ0n) is 21.1. The molecule has 1 aliphatic rings. The number of ether oxygens (including phenoxy) is 2. The summed E-state index contributed by atoms with van der Waals surface area (Å²) in [6, 6.07) is 23.1. The molecule has 4 aromatic rings. The van der Waals surface area contributed by atoms with Crippen LogP contribution in [0, 0.1) is 5.82 Å². The fourth-order valence-corrected chi connectivity index (χ4v) is 4.19. The SMILES string of the molecule is CN(Cc1ccccc1)C(=O)c1ccc(CN2C(=O)COc3ccc(C(=O)COc4cccc(F)c4)cc32)o1. The molecular formula is C30H25FN2O6. The molecule has 0 aliphatic carbocycles. The van der Waals surface area contributed by atoms with E-state index >= 15 is 0 Å². The third-order valence-corrected chi connectivity index (χ3v) is 6.19. The molecule has 5 rings (SSSR count). The van der Waals surface area contributed by atoms with E-state index in [1.54, 1.807) is 48.3 Å². The summed E-state index contributed by atoms with van der Waals surface area (Å²) in [5.74, 6) is -0.208. The molecule has 0 atom stereocenters. The second kappa shape index (κ2) is 11.2. The quantitative estimate of drug-likeness (QED) is 0.288. The zero-order chi connectivity index (χ0) is 27.4. The molecule has 1 aromatic heterocycles. The first-order valence-electron chi connectivity index (χ1n) is 12.2. The highest BCUT2D eigenvalue weighted by Crippen LogP contribution is 2.34. The van der Waals surface area contributed by atoms with Gasteiger partial charge in [0.2, 0.25) is 0 Å². The van der Waals surface area contributed by atoms with Gasteiger partial charge in [0.25, 0.3) is 11.8 Å². The van der Waals surface area contributed by atoms with E-state index in [4.69, 9.17) is 13.9 Å². The van der Waals surface area contributed by atoms with E-state index in [-0.39, 0.29) is 48.9 Å². The van der Waals surface area contributed by atoms with Crippen LogP contribution >= 0.6 is 0 Å². The normalized spacial score (nSPS) is 12.5. The summed E-state index contributed by atoms with van der Waals surface area (Å²) >= 11 is 0. The van der Waals surface area contributed by atoms with Crippen molar-refractivity contribution >= 4 is 23.3 Å². The number of fused-ring (bicyclic) bond motifs is 1. The van der Waals surface area contributed by atoms with E-state index in [9.17, 15) is 18.8 Å². The summed E-state index contributed by atoms with van der Waals surface area (Å²) in [4.78, 5) is 41.4. The third kappa shape index (κ3) is 5.98. The van der Waals surface area contributed by atoms with Gasteiger partial charge in [-0.2, -0.15) is 0 Å². The number of Topliss-reactive ketones (excluding diaryl/α,β-unsaturated/α-hetero) is 1. The number of furan rings is 1. The molecule has 39 heavy (non-hydrogen) atoms. The van der Waals surface area contributed by atoms with Crippen LogP contribution in [0.25, 0.3) is 0 Å². The van der Waals surface area contributed by atoms with Crippen LogP contribution in [-0.4, -0.2) is 42.8 Å². The third-order valence-electron chi connectivity index (χ3n) is 6.19. The second-order valence-corrected chi connectivity index (χ2v) is 9.03. The molecule has 0 fully saturated rings. The molecule has 0 radical (unpaired) electrons. The van der Waals surface area contributed by atoms with Gasteiger partial charge in [0.15, 0.2) is 24.8 Å². The number of carbonyl (C=O) groups excluding carboxylic acids is 3. The lowest BCUT2D eigenvalue weighted by Crippen LogP contribution is -2.38. The summed E-state index contributed by atoms with van der Waals surface area (Å²) in [6.45, 7) is -0.0143. The van der Waals surface area contributed by atoms with Crippen molar-refractivity contribution < 1.29 is 32.7 Å². The lowest BCUT2D eigenvalue weighted by Gasteiger charge is -2.29. The van der Waals surface area contributed by atoms with E-state index in [0.717, 1.165) is 5.56 Å². The van der Waals surface area contributed by atoms with Crippen LogP contribution in [0.4, 0.5) is 10.1 Å². The average molecular weight is 529 g/mol. The first kappa shape index (κ1) is 25.7. The van der Waals surface area contributed by atoms with Crippen LogP contribution in [0.15, 0.2) is 89.3 Å². The first-order valence-corrected chi connectivity index (χ1v) is 12.2. The summed E-state index contributed by atoms with van der Waals surface area (Å²) < 4.78 is 30.2. The minimum atomic E-state index is -0.467. The zero-order valence-corrected chi connectivity index (χ0v) is 21.1. The van der Waals surface area contributed by atoms with Gasteiger partial charge in [-0.3, -0.25) is 19.3 Å². The van der Waals surface area contributed by atoms with E-state index in [1.165, 1.54) is 23.1 Å². The van der Waals surface area contributed by atoms with Crippen molar-refractivity contribution in [1.29, 1.82) is 0 Å². The topological polar surface area (TPSA) is 89.3 Å². The van der Waals surface area contributed by atoms with Crippen molar-refractivity contribution in [3.8, 4) is 11.5 Å². The largest absolute Gasteiger partial charge is 0.485 e. The van der Waals surface area contributed by atoms with Crippen LogP contribution in [0.3, 0.4) is 0 Å². The molecule has 0 spiro atoms. The Hall–Kier alpha value is -4.92. The molecule has 0 saturated heterocycles. The van der Waals surface area contributed by atoms with Crippen LogP contribution in [0.1, 0.15) is 32.2 Å². The van der Waals surface area contributed by atoms with Crippen molar-refractivity contribution in [1.82, 2.24) is 4.90 Å². The average Bonchev–Trinajstić information content (AvgIpc) is 3.42. The Kier molecular flexibility index (Phi) is 7.40. The molecule has 1 aliphatic heterocycles.